The van der Waals surface area contributed by atoms with Crippen LogP contribution in [-0.2, 0) is 0 Å². The van der Waals surface area contributed by atoms with Gasteiger partial charge >= 0.3 is 0 Å². The van der Waals surface area contributed by atoms with E-state index < -0.39 is 0 Å². The zero-order valence-electron chi connectivity index (χ0n) is 12.4. The molecule has 2 heterocycles. The number of fused-ring (bicyclic) bond motifs is 1. The van der Waals surface area contributed by atoms with Gasteiger partial charge in [-0.3, -0.25) is 4.79 Å². The first-order valence-electron chi connectivity index (χ1n) is 7.70. The summed E-state index contributed by atoms with van der Waals surface area (Å²) in [5.41, 5.74) is 2.48. The normalized spacial score (nSPS) is 17.2. The van der Waals surface area contributed by atoms with Crippen LogP contribution >= 0.6 is 0 Å². The van der Waals surface area contributed by atoms with Crippen molar-refractivity contribution >= 4 is 16.9 Å². The first-order chi connectivity index (χ1) is 10.3. The minimum absolute atomic E-state index is 0.00409. The molecule has 2 aromatic rings. The van der Waals surface area contributed by atoms with Gasteiger partial charge in [-0.1, -0.05) is 6.92 Å². The number of piperidine rings is 1. The van der Waals surface area contributed by atoms with E-state index in [2.05, 4.69) is 27.1 Å². The van der Waals surface area contributed by atoms with Gasteiger partial charge in [-0.05, 0) is 56.6 Å². The standard InChI is InChI=1S/C16H22N4O/c1-2-20-7-5-12(6-8-20)10-17-16(21)13-3-4-14-15(9-13)19-11-18-14/h3-4,9,11-12H,2,5-8,10H2,1H3,(H,17,21)(H,18,19). The molecule has 0 saturated carbocycles. The maximum Gasteiger partial charge on any atom is 0.251 e. The number of carbonyl (C=O) groups is 1. The van der Waals surface area contributed by atoms with Crippen LogP contribution in [0.1, 0.15) is 30.1 Å². The molecule has 5 nitrogen and oxygen atoms in total. The number of H-pyrrole nitrogens is 1. The summed E-state index contributed by atoms with van der Waals surface area (Å²) in [6.45, 7) is 6.41. The molecule has 0 radical (unpaired) electrons. The van der Waals surface area contributed by atoms with Crippen molar-refractivity contribution in [3.05, 3.63) is 30.1 Å². The van der Waals surface area contributed by atoms with E-state index in [-0.39, 0.29) is 5.91 Å². The number of aromatic amines is 1. The highest BCUT2D eigenvalue weighted by Gasteiger charge is 2.18. The van der Waals surface area contributed by atoms with Crippen LogP contribution in [0.15, 0.2) is 24.5 Å². The SMILES string of the molecule is CCN1CCC(CNC(=O)c2ccc3nc[nH]c3c2)CC1. The summed E-state index contributed by atoms with van der Waals surface area (Å²) < 4.78 is 0. The Morgan fingerprint density at radius 1 is 1.43 bits per heavy atom. The van der Waals surface area contributed by atoms with Crippen LogP contribution in [-0.4, -0.2) is 47.0 Å². The number of amides is 1. The van der Waals surface area contributed by atoms with Crippen LogP contribution < -0.4 is 5.32 Å². The van der Waals surface area contributed by atoms with Crippen molar-refractivity contribution in [1.82, 2.24) is 20.2 Å². The van der Waals surface area contributed by atoms with Gasteiger partial charge in [-0.2, -0.15) is 0 Å². The van der Waals surface area contributed by atoms with E-state index in [1.807, 2.05) is 18.2 Å². The fourth-order valence-corrected chi connectivity index (χ4v) is 2.92. The van der Waals surface area contributed by atoms with Crippen LogP contribution in [0.5, 0.6) is 0 Å². The third kappa shape index (κ3) is 3.24. The van der Waals surface area contributed by atoms with Crippen LogP contribution in [0, 0.1) is 5.92 Å². The van der Waals surface area contributed by atoms with Crippen LogP contribution in [0.25, 0.3) is 11.0 Å². The molecule has 1 amide bonds. The number of benzene rings is 1. The fraction of sp³-hybridized carbons (Fsp3) is 0.500. The Morgan fingerprint density at radius 2 is 2.24 bits per heavy atom. The molecule has 21 heavy (non-hydrogen) atoms. The lowest BCUT2D eigenvalue weighted by atomic mass is 9.97. The number of nitrogens with one attached hydrogen (secondary N) is 2. The largest absolute Gasteiger partial charge is 0.352 e. The lowest BCUT2D eigenvalue weighted by molar-refractivity contribution is 0.0937. The first kappa shape index (κ1) is 14.1. The quantitative estimate of drug-likeness (QED) is 0.904. The topological polar surface area (TPSA) is 61.0 Å². The minimum Gasteiger partial charge on any atom is -0.352 e. The zero-order valence-corrected chi connectivity index (χ0v) is 12.4. The highest BCUT2D eigenvalue weighted by atomic mass is 16.1. The number of aromatic nitrogens is 2. The van der Waals surface area contributed by atoms with Gasteiger partial charge in [0.15, 0.2) is 0 Å². The molecule has 1 aromatic carbocycles. The van der Waals surface area contributed by atoms with Gasteiger partial charge in [0.25, 0.3) is 5.91 Å². The van der Waals surface area contributed by atoms with E-state index in [9.17, 15) is 4.79 Å². The Bertz CT molecular complexity index is 614. The zero-order chi connectivity index (χ0) is 14.7. The second kappa shape index (κ2) is 6.26. The summed E-state index contributed by atoms with van der Waals surface area (Å²) >= 11 is 0. The fourth-order valence-electron chi connectivity index (χ4n) is 2.92. The molecule has 112 valence electrons. The monoisotopic (exact) mass is 286 g/mol. The predicted octanol–water partition coefficient (Wildman–Crippen LogP) is 2.02. The molecule has 1 saturated heterocycles. The van der Waals surface area contributed by atoms with Crippen LogP contribution in [0.4, 0.5) is 0 Å². The summed E-state index contributed by atoms with van der Waals surface area (Å²) in [6.07, 6.45) is 4.00. The molecule has 1 aromatic heterocycles. The van der Waals surface area contributed by atoms with Gasteiger partial charge in [-0.15, -0.1) is 0 Å². The van der Waals surface area contributed by atoms with Gasteiger partial charge in [0.2, 0.25) is 0 Å². The third-order valence-corrected chi connectivity index (χ3v) is 4.39. The number of hydrogen-bond acceptors (Lipinski definition) is 3. The maximum absolute atomic E-state index is 12.2. The molecular formula is C16H22N4O. The molecule has 3 rings (SSSR count). The van der Waals surface area contributed by atoms with E-state index in [0.717, 1.165) is 37.2 Å². The highest BCUT2D eigenvalue weighted by Crippen LogP contribution is 2.16. The molecule has 2 N–H and O–H groups in total. The van der Waals surface area contributed by atoms with Gasteiger partial charge in [0.1, 0.15) is 0 Å². The van der Waals surface area contributed by atoms with Gasteiger partial charge < -0.3 is 15.2 Å². The Labute approximate surface area is 124 Å². The molecule has 0 bridgehead atoms. The Balaban J connectivity index is 1.54. The minimum atomic E-state index is 0.00409. The van der Waals surface area contributed by atoms with E-state index in [4.69, 9.17) is 0 Å². The van der Waals surface area contributed by atoms with Crippen molar-refractivity contribution in [2.24, 2.45) is 5.92 Å². The molecule has 0 spiro atoms. The summed E-state index contributed by atoms with van der Waals surface area (Å²) in [4.78, 5) is 21.9. The second-order valence-electron chi connectivity index (χ2n) is 5.72. The van der Waals surface area contributed by atoms with Crippen molar-refractivity contribution in [2.75, 3.05) is 26.2 Å². The van der Waals surface area contributed by atoms with Crippen molar-refractivity contribution in [3.8, 4) is 0 Å². The number of nitrogens with zero attached hydrogens (tertiary/aromatic N) is 2. The average molecular weight is 286 g/mol. The summed E-state index contributed by atoms with van der Waals surface area (Å²) in [5.74, 6) is 0.608. The van der Waals surface area contributed by atoms with Crippen LogP contribution in [0.3, 0.4) is 0 Å². The molecule has 0 unspecified atom stereocenters. The molecule has 1 aliphatic heterocycles. The van der Waals surface area contributed by atoms with Crippen molar-refractivity contribution in [2.45, 2.75) is 19.8 Å². The summed E-state index contributed by atoms with van der Waals surface area (Å²) in [7, 11) is 0. The number of carbonyl (C=O) groups excluding carboxylic acids is 1. The lowest BCUT2D eigenvalue weighted by Crippen LogP contribution is -2.38. The maximum atomic E-state index is 12.2. The molecule has 1 aliphatic rings. The molecule has 0 atom stereocenters. The lowest BCUT2D eigenvalue weighted by Gasteiger charge is -2.31. The molecular weight excluding hydrogens is 264 g/mol. The Kier molecular flexibility index (Phi) is 4.20. The Morgan fingerprint density at radius 3 is 3.00 bits per heavy atom. The van der Waals surface area contributed by atoms with Gasteiger partial charge in [-0.25, -0.2) is 4.98 Å². The van der Waals surface area contributed by atoms with Crippen LogP contribution in [0.2, 0.25) is 0 Å². The van der Waals surface area contributed by atoms with Crippen molar-refractivity contribution < 1.29 is 4.79 Å². The Hall–Kier alpha value is -1.88. The first-order valence-corrected chi connectivity index (χ1v) is 7.70. The summed E-state index contributed by atoms with van der Waals surface area (Å²) in [6, 6.07) is 5.57. The van der Waals surface area contributed by atoms with E-state index >= 15 is 0 Å². The highest BCUT2D eigenvalue weighted by molar-refractivity contribution is 5.97. The number of likely N-dealkylation sites (tertiary alicyclic amines) is 1. The van der Waals surface area contributed by atoms with Gasteiger partial charge in [0, 0.05) is 12.1 Å². The van der Waals surface area contributed by atoms with E-state index in [1.54, 1.807) is 6.33 Å². The summed E-state index contributed by atoms with van der Waals surface area (Å²) in [5, 5.41) is 3.07. The number of hydrogen-bond donors (Lipinski definition) is 2. The number of imidazole rings is 1. The van der Waals surface area contributed by atoms with E-state index in [1.165, 1.54) is 12.8 Å². The van der Waals surface area contributed by atoms with Crippen molar-refractivity contribution in [1.29, 1.82) is 0 Å². The molecule has 1 fully saturated rings. The van der Waals surface area contributed by atoms with Gasteiger partial charge in [0.05, 0.1) is 17.4 Å². The molecule has 5 heteroatoms. The second-order valence-corrected chi connectivity index (χ2v) is 5.72. The molecule has 0 aliphatic carbocycles. The van der Waals surface area contributed by atoms with E-state index in [0.29, 0.717) is 11.5 Å². The number of rotatable bonds is 4. The average Bonchev–Trinajstić information content (AvgIpc) is 3.00. The predicted molar refractivity (Wildman–Crippen MR) is 83.3 cm³/mol. The van der Waals surface area contributed by atoms with Crippen molar-refractivity contribution in [3.63, 3.8) is 0 Å². The smallest absolute Gasteiger partial charge is 0.251 e. The third-order valence-electron chi connectivity index (χ3n) is 4.39.